The Labute approximate surface area is 144 Å². The summed E-state index contributed by atoms with van der Waals surface area (Å²) in [6.45, 7) is -0.396. The summed E-state index contributed by atoms with van der Waals surface area (Å²) < 4.78 is 10.1. The van der Waals surface area contributed by atoms with Crippen molar-refractivity contribution in [3.8, 4) is 5.75 Å². The van der Waals surface area contributed by atoms with Crippen LogP contribution < -0.4 is 15.8 Å². The molecule has 1 unspecified atom stereocenters. The van der Waals surface area contributed by atoms with Crippen LogP contribution in [-0.2, 0) is 14.3 Å². The van der Waals surface area contributed by atoms with E-state index >= 15 is 0 Å². The van der Waals surface area contributed by atoms with E-state index < -0.39 is 30.4 Å². The van der Waals surface area contributed by atoms with Gasteiger partial charge in [-0.3, -0.25) is 14.4 Å². The van der Waals surface area contributed by atoms with E-state index in [9.17, 15) is 14.4 Å². The second kappa shape index (κ2) is 8.49. The van der Waals surface area contributed by atoms with Crippen molar-refractivity contribution in [2.45, 2.75) is 6.10 Å². The van der Waals surface area contributed by atoms with Crippen molar-refractivity contribution < 1.29 is 23.9 Å². The van der Waals surface area contributed by atoms with Crippen LogP contribution in [0.25, 0.3) is 0 Å². The maximum atomic E-state index is 12.0. The molecule has 7 heteroatoms. The fourth-order valence-electron chi connectivity index (χ4n) is 2.11. The molecule has 0 saturated heterocycles. The number of amides is 2. The molecule has 0 saturated carbocycles. The van der Waals surface area contributed by atoms with Crippen LogP contribution in [-0.4, -0.2) is 31.4 Å². The van der Waals surface area contributed by atoms with Crippen LogP contribution in [0.3, 0.4) is 0 Å². The minimum Gasteiger partial charge on any atom is -0.497 e. The van der Waals surface area contributed by atoms with Crippen molar-refractivity contribution in [3.63, 3.8) is 0 Å². The van der Waals surface area contributed by atoms with E-state index in [2.05, 4.69) is 5.32 Å². The summed E-state index contributed by atoms with van der Waals surface area (Å²) in [6, 6.07) is 14.9. The third-order valence-electron chi connectivity index (χ3n) is 3.34. The average Bonchev–Trinajstić information content (AvgIpc) is 2.64. The van der Waals surface area contributed by atoms with Gasteiger partial charge in [-0.05, 0) is 18.2 Å². The minimum atomic E-state index is -1.21. The summed E-state index contributed by atoms with van der Waals surface area (Å²) in [7, 11) is 1.49. The van der Waals surface area contributed by atoms with Gasteiger partial charge in [0.1, 0.15) is 12.3 Å². The van der Waals surface area contributed by atoms with Gasteiger partial charge in [0.05, 0.1) is 7.11 Å². The van der Waals surface area contributed by atoms with Gasteiger partial charge >= 0.3 is 5.97 Å². The number of primary amides is 1. The molecule has 0 heterocycles. The summed E-state index contributed by atoms with van der Waals surface area (Å²) in [5, 5.41) is 2.42. The lowest BCUT2D eigenvalue weighted by Gasteiger charge is -2.15. The number of methoxy groups -OCH3 is 1. The molecule has 0 aliphatic carbocycles. The van der Waals surface area contributed by atoms with E-state index in [1.165, 1.54) is 13.2 Å². The first-order valence-electron chi connectivity index (χ1n) is 7.47. The van der Waals surface area contributed by atoms with Crippen LogP contribution in [0.15, 0.2) is 54.6 Å². The highest BCUT2D eigenvalue weighted by Crippen LogP contribution is 2.16. The predicted octanol–water partition coefficient (Wildman–Crippen LogP) is 1.19. The molecule has 7 nitrogen and oxygen atoms in total. The van der Waals surface area contributed by atoms with Gasteiger partial charge in [-0.2, -0.15) is 0 Å². The summed E-state index contributed by atoms with van der Waals surface area (Å²) in [5.41, 5.74) is 6.07. The molecule has 2 aromatic carbocycles. The Balaban J connectivity index is 1.95. The number of hydrogen-bond acceptors (Lipinski definition) is 5. The molecule has 130 valence electrons. The van der Waals surface area contributed by atoms with Crippen molar-refractivity contribution in [1.29, 1.82) is 0 Å². The minimum absolute atomic E-state index is 0.335. The average molecular weight is 342 g/mol. The second-order valence-electron chi connectivity index (χ2n) is 5.10. The van der Waals surface area contributed by atoms with E-state index in [1.807, 2.05) is 0 Å². The van der Waals surface area contributed by atoms with Gasteiger partial charge in [0.2, 0.25) is 6.10 Å². The highest BCUT2D eigenvalue weighted by Gasteiger charge is 2.22. The number of esters is 1. The van der Waals surface area contributed by atoms with Crippen molar-refractivity contribution in [3.05, 3.63) is 65.7 Å². The lowest BCUT2D eigenvalue weighted by atomic mass is 10.1. The first-order chi connectivity index (χ1) is 12.0. The van der Waals surface area contributed by atoms with Crippen molar-refractivity contribution in [1.82, 2.24) is 5.32 Å². The normalized spacial score (nSPS) is 11.2. The third-order valence-corrected chi connectivity index (χ3v) is 3.34. The standard InChI is InChI=1S/C18H18N2O5/c1-24-14-9-5-8-13(10-14)18(23)20-11-15(21)25-16(17(19)22)12-6-3-2-4-7-12/h2-10,16H,11H2,1H3,(H2,19,22)(H,20,23). The van der Waals surface area contributed by atoms with Crippen LogP contribution in [0, 0.1) is 0 Å². The van der Waals surface area contributed by atoms with Gasteiger partial charge < -0.3 is 20.5 Å². The van der Waals surface area contributed by atoms with Crippen molar-refractivity contribution in [2.75, 3.05) is 13.7 Å². The Hall–Kier alpha value is -3.35. The van der Waals surface area contributed by atoms with Gasteiger partial charge in [-0.25, -0.2) is 0 Å². The number of benzene rings is 2. The molecule has 0 aliphatic rings. The molecule has 1 atom stereocenters. The zero-order chi connectivity index (χ0) is 18.2. The topological polar surface area (TPSA) is 108 Å². The zero-order valence-electron chi connectivity index (χ0n) is 13.6. The Bertz CT molecular complexity index is 761. The number of carbonyl (C=O) groups excluding carboxylic acids is 3. The van der Waals surface area contributed by atoms with Gasteiger partial charge in [-0.1, -0.05) is 36.4 Å². The Morgan fingerprint density at radius 1 is 1.08 bits per heavy atom. The van der Waals surface area contributed by atoms with E-state index in [4.69, 9.17) is 15.2 Å². The van der Waals surface area contributed by atoms with Gasteiger partial charge in [0.15, 0.2) is 0 Å². The quantitative estimate of drug-likeness (QED) is 0.735. The van der Waals surface area contributed by atoms with Crippen molar-refractivity contribution >= 4 is 17.8 Å². The molecule has 0 radical (unpaired) electrons. The van der Waals surface area contributed by atoms with Gasteiger partial charge in [0, 0.05) is 11.1 Å². The molecule has 0 spiro atoms. The maximum Gasteiger partial charge on any atom is 0.326 e. The monoisotopic (exact) mass is 342 g/mol. The Kier molecular flexibility index (Phi) is 6.11. The number of hydrogen-bond donors (Lipinski definition) is 2. The van der Waals surface area contributed by atoms with Crippen LogP contribution in [0.1, 0.15) is 22.0 Å². The van der Waals surface area contributed by atoms with Crippen LogP contribution >= 0.6 is 0 Å². The molecular weight excluding hydrogens is 324 g/mol. The van der Waals surface area contributed by atoms with Crippen molar-refractivity contribution in [2.24, 2.45) is 5.73 Å². The molecule has 0 fully saturated rings. The molecule has 2 amide bonds. The summed E-state index contributed by atoms with van der Waals surface area (Å²) in [5.74, 6) is -1.51. The molecule has 2 rings (SSSR count). The molecular formula is C18H18N2O5. The highest BCUT2D eigenvalue weighted by molar-refractivity contribution is 5.96. The predicted molar refractivity (Wildman–Crippen MR) is 89.8 cm³/mol. The number of carbonyl (C=O) groups is 3. The Morgan fingerprint density at radius 3 is 2.44 bits per heavy atom. The molecule has 0 bridgehead atoms. The first kappa shape index (κ1) is 18.0. The SMILES string of the molecule is COc1cccc(C(=O)NCC(=O)OC(C(N)=O)c2ccccc2)c1. The summed E-state index contributed by atoms with van der Waals surface area (Å²) in [4.78, 5) is 35.5. The zero-order valence-corrected chi connectivity index (χ0v) is 13.6. The van der Waals surface area contributed by atoms with E-state index in [1.54, 1.807) is 48.5 Å². The smallest absolute Gasteiger partial charge is 0.326 e. The van der Waals surface area contributed by atoms with E-state index in [0.717, 1.165) is 0 Å². The largest absolute Gasteiger partial charge is 0.497 e. The molecule has 25 heavy (non-hydrogen) atoms. The summed E-state index contributed by atoms with van der Waals surface area (Å²) in [6.07, 6.45) is -1.21. The van der Waals surface area contributed by atoms with Crippen LogP contribution in [0.5, 0.6) is 5.75 Å². The van der Waals surface area contributed by atoms with Crippen LogP contribution in [0.2, 0.25) is 0 Å². The molecule has 2 aromatic rings. The Morgan fingerprint density at radius 2 is 1.80 bits per heavy atom. The first-order valence-corrected chi connectivity index (χ1v) is 7.47. The molecule has 3 N–H and O–H groups in total. The molecule has 0 aliphatic heterocycles. The second-order valence-corrected chi connectivity index (χ2v) is 5.10. The van der Waals surface area contributed by atoms with Gasteiger partial charge in [-0.15, -0.1) is 0 Å². The third kappa shape index (κ3) is 5.07. The van der Waals surface area contributed by atoms with E-state index in [0.29, 0.717) is 16.9 Å². The highest BCUT2D eigenvalue weighted by atomic mass is 16.5. The van der Waals surface area contributed by atoms with Gasteiger partial charge in [0.25, 0.3) is 11.8 Å². The lowest BCUT2D eigenvalue weighted by molar-refractivity contribution is -0.154. The lowest BCUT2D eigenvalue weighted by Crippen LogP contribution is -2.33. The van der Waals surface area contributed by atoms with E-state index in [-0.39, 0.29) is 0 Å². The number of rotatable bonds is 7. The molecule has 0 aromatic heterocycles. The van der Waals surface area contributed by atoms with Crippen LogP contribution in [0.4, 0.5) is 0 Å². The fraction of sp³-hybridized carbons (Fsp3) is 0.167. The number of nitrogens with two attached hydrogens (primary N) is 1. The maximum absolute atomic E-state index is 12.0. The fourth-order valence-corrected chi connectivity index (χ4v) is 2.11. The summed E-state index contributed by atoms with van der Waals surface area (Å²) >= 11 is 0. The number of nitrogens with one attached hydrogen (secondary N) is 1. The number of ether oxygens (including phenoxy) is 2.